The summed E-state index contributed by atoms with van der Waals surface area (Å²) >= 11 is 3.47. The second-order valence-corrected chi connectivity index (χ2v) is 7.66. The largest absolute Gasteiger partial charge is 0.313 e. The molecule has 5 heteroatoms. The molecule has 1 aliphatic carbocycles. The molecule has 3 nitrogen and oxygen atoms in total. The molecule has 0 aliphatic heterocycles. The molecule has 3 unspecified atom stereocenters. The molecular formula is C14H25N3S2. The quantitative estimate of drug-likeness (QED) is 0.827. The third-order valence-electron chi connectivity index (χ3n) is 3.85. The van der Waals surface area contributed by atoms with E-state index in [2.05, 4.69) is 28.5 Å². The zero-order valence-electron chi connectivity index (χ0n) is 12.0. The lowest BCUT2D eigenvalue weighted by Crippen LogP contribution is -2.42. The van der Waals surface area contributed by atoms with Crippen LogP contribution in [0, 0.1) is 5.92 Å². The fourth-order valence-electron chi connectivity index (χ4n) is 2.92. The highest BCUT2D eigenvalue weighted by Gasteiger charge is 2.31. The highest BCUT2D eigenvalue weighted by Crippen LogP contribution is 2.38. The summed E-state index contributed by atoms with van der Waals surface area (Å²) in [6.07, 6.45) is 9.63. The summed E-state index contributed by atoms with van der Waals surface area (Å²) in [6.45, 7) is 5.67. The first-order valence-electron chi connectivity index (χ1n) is 7.50. The van der Waals surface area contributed by atoms with E-state index in [-0.39, 0.29) is 0 Å². The molecule has 0 saturated heterocycles. The van der Waals surface area contributed by atoms with Crippen LogP contribution in [0.3, 0.4) is 0 Å². The Labute approximate surface area is 125 Å². The fourth-order valence-corrected chi connectivity index (χ4v) is 5.00. The summed E-state index contributed by atoms with van der Waals surface area (Å²) in [5.41, 5.74) is 0. The summed E-state index contributed by atoms with van der Waals surface area (Å²) in [4.78, 5) is 4.34. The minimum absolute atomic E-state index is 0.655. The van der Waals surface area contributed by atoms with Gasteiger partial charge in [-0.2, -0.15) is 4.37 Å². The van der Waals surface area contributed by atoms with E-state index < -0.39 is 0 Å². The van der Waals surface area contributed by atoms with Crippen molar-refractivity contribution >= 4 is 23.3 Å². The van der Waals surface area contributed by atoms with Gasteiger partial charge in [0.05, 0.1) is 0 Å². The molecule has 2 rings (SSSR count). The molecule has 0 spiro atoms. The maximum Gasteiger partial charge on any atom is 0.170 e. The SMILES string of the molecule is CCCNC1CCC(CCC)CC1Sc1ncns1. The summed E-state index contributed by atoms with van der Waals surface area (Å²) in [5.74, 6) is 0.912. The average molecular weight is 300 g/mol. The number of rotatable bonds is 7. The molecule has 108 valence electrons. The number of hydrogen-bond acceptors (Lipinski definition) is 5. The van der Waals surface area contributed by atoms with Crippen molar-refractivity contribution in [2.75, 3.05) is 6.54 Å². The van der Waals surface area contributed by atoms with Crippen LogP contribution in [0.5, 0.6) is 0 Å². The molecule has 3 atom stereocenters. The lowest BCUT2D eigenvalue weighted by molar-refractivity contribution is 0.287. The van der Waals surface area contributed by atoms with E-state index in [9.17, 15) is 0 Å². The highest BCUT2D eigenvalue weighted by molar-refractivity contribution is 8.01. The van der Waals surface area contributed by atoms with Gasteiger partial charge in [-0.05, 0) is 49.7 Å². The van der Waals surface area contributed by atoms with Crippen molar-refractivity contribution in [1.82, 2.24) is 14.7 Å². The molecule has 1 aromatic heterocycles. The molecule has 19 heavy (non-hydrogen) atoms. The van der Waals surface area contributed by atoms with Crippen molar-refractivity contribution in [1.29, 1.82) is 0 Å². The van der Waals surface area contributed by atoms with Crippen LogP contribution in [-0.4, -0.2) is 27.2 Å². The Hall–Kier alpha value is -0.130. The summed E-state index contributed by atoms with van der Waals surface area (Å²) in [5, 5.41) is 4.40. The summed E-state index contributed by atoms with van der Waals surface area (Å²) in [6, 6.07) is 0.655. The molecule has 0 radical (unpaired) electrons. The minimum Gasteiger partial charge on any atom is -0.313 e. The van der Waals surface area contributed by atoms with E-state index in [1.54, 1.807) is 6.33 Å². The van der Waals surface area contributed by atoms with Gasteiger partial charge in [0.15, 0.2) is 4.34 Å². The zero-order valence-corrected chi connectivity index (χ0v) is 13.6. The van der Waals surface area contributed by atoms with Gasteiger partial charge in [-0.25, -0.2) is 4.98 Å². The first-order chi connectivity index (χ1) is 9.33. The van der Waals surface area contributed by atoms with Crippen molar-refractivity contribution in [3.05, 3.63) is 6.33 Å². The normalized spacial score (nSPS) is 27.6. The Bertz CT molecular complexity index is 342. The molecule has 0 amide bonds. The molecule has 1 heterocycles. The maximum absolute atomic E-state index is 4.34. The van der Waals surface area contributed by atoms with Crippen LogP contribution in [0.25, 0.3) is 0 Å². The highest BCUT2D eigenvalue weighted by atomic mass is 32.2. The number of nitrogens with zero attached hydrogens (tertiary/aromatic N) is 2. The molecule has 1 saturated carbocycles. The fraction of sp³-hybridized carbons (Fsp3) is 0.857. The Morgan fingerprint density at radius 1 is 1.37 bits per heavy atom. The van der Waals surface area contributed by atoms with Crippen LogP contribution in [0.4, 0.5) is 0 Å². The molecule has 1 fully saturated rings. The molecule has 0 bridgehead atoms. The van der Waals surface area contributed by atoms with Gasteiger partial charge >= 0.3 is 0 Å². The summed E-state index contributed by atoms with van der Waals surface area (Å²) < 4.78 is 5.25. The molecular weight excluding hydrogens is 274 g/mol. The monoisotopic (exact) mass is 299 g/mol. The smallest absolute Gasteiger partial charge is 0.170 e. The van der Waals surface area contributed by atoms with Crippen molar-refractivity contribution in [2.24, 2.45) is 5.92 Å². The van der Waals surface area contributed by atoms with Gasteiger partial charge in [-0.15, -0.1) is 0 Å². The lowest BCUT2D eigenvalue weighted by atomic mass is 9.83. The van der Waals surface area contributed by atoms with Gasteiger partial charge < -0.3 is 5.32 Å². The van der Waals surface area contributed by atoms with E-state index in [1.165, 1.54) is 50.1 Å². The van der Waals surface area contributed by atoms with Crippen molar-refractivity contribution in [3.8, 4) is 0 Å². The Balaban J connectivity index is 1.93. The van der Waals surface area contributed by atoms with Gasteiger partial charge in [0.25, 0.3) is 0 Å². The van der Waals surface area contributed by atoms with E-state index in [4.69, 9.17) is 0 Å². The predicted octanol–water partition coefficient (Wildman–Crippen LogP) is 3.97. The van der Waals surface area contributed by atoms with Crippen molar-refractivity contribution < 1.29 is 0 Å². The van der Waals surface area contributed by atoms with Crippen LogP contribution < -0.4 is 5.32 Å². The van der Waals surface area contributed by atoms with Gasteiger partial charge in [-0.1, -0.05) is 38.5 Å². The van der Waals surface area contributed by atoms with Crippen molar-refractivity contribution in [2.45, 2.75) is 68.0 Å². The van der Waals surface area contributed by atoms with Crippen LogP contribution in [0.15, 0.2) is 10.7 Å². The average Bonchev–Trinajstić information content (AvgIpc) is 2.91. The standard InChI is InChI=1S/C14H25N3S2/c1-3-5-11-6-7-12(15-8-4-2)13(9-11)18-14-16-10-17-19-14/h10-13,15H,3-9H2,1-2H3. The van der Waals surface area contributed by atoms with Crippen LogP contribution in [0.2, 0.25) is 0 Å². The Morgan fingerprint density at radius 2 is 2.26 bits per heavy atom. The number of nitrogens with one attached hydrogen (secondary N) is 1. The number of thioether (sulfide) groups is 1. The third-order valence-corrected chi connectivity index (χ3v) is 5.95. The minimum atomic E-state index is 0.655. The van der Waals surface area contributed by atoms with Crippen LogP contribution in [0.1, 0.15) is 52.4 Å². The van der Waals surface area contributed by atoms with E-state index in [0.29, 0.717) is 11.3 Å². The Morgan fingerprint density at radius 3 is 2.95 bits per heavy atom. The first kappa shape index (κ1) is 15.3. The summed E-state index contributed by atoms with van der Waals surface area (Å²) in [7, 11) is 0. The second kappa shape index (κ2) is 8.22. The van der Waals surface area contributed by atoms with Crippen LogP contribution in [-0.2, 0) is 0 Å². The number of aromatic nitrogens is 2. The molecule has 1 aliphatic rings. The van der Waals surface area contributed by atoms with E-state index in [1.807, 2.05) is 11.8 Å². The lowest BCUT2D eigenvalue weighted by Gasteiger charge is -2.36. The Kier molecular flexibility index (Phi) is 6.61. The van der Waals surface area contributed by atoms with Gasteiger partial charge in [-0.3, -0.25) is 0 Å². The molecule has 0 aromatic carbocycles. The van der Waals surface area contributed by atoms with Gasteiger partial charge in [0, 0.05) is 11.3 Å². The number of hydrogen-bond donors (Lipinski definition) is 1. The molecule has 1 N–H and O–H groups in total. The van der Waals surface area contributed by atoms with Crippen molar-refractivity contribution in [3.63, 3.8) is 0 Å². The van der Waals surface area contributed by atoms with Gasteiger partial charge in [0.2, 0.25) is 0 Å². The van der Waals surface area contributed by atoms with Gasteiger partial charge in [0.1, 0.15) is 6.33 Å². The zero-order chi connectivity index (χ0) is 13.5. The first-order valence-corrected chi connectivity index (χ1v) is 9.15. The van der Waals surface area contributed by atoms with E-state index in [0.717, 1.165) is 16.8 Å². The van der Waals surface area contributed by atoms with Crippen LogP contribution >= 0.6 is 23.3 Å². The maximum atomic E-state index is 4.34. The predicted molar refractivity (Wildman–Crippen MR) is 83.9 cm³/mol. The third kappa shape index (κ3) is 4.72. The second-order valence-electron chi connectivity index (χ2n) is 5.39. The topological polar surface area (TPSA) is 37.8 Å². The van der Waals surface area contributed by atoms with E-state index >= 15 is 0 Å². The molecule has 1 aromatic rings.